The molecule has 0 aromatic heterocycles. The highest BCUT2D eigenvalue weighted by molar-refractivity contribution is 6.31. The Morgan fingerprint density at radius 3 is 2.06 bits per heavy atom. The Labute approximate surface area is 196 Å². The smallest absolute Gasteiger partial charge is 0.228 e. The second-order valence-corrected chi connectivity index (χ2v) is 8.86. The highest BCUT2D eigenvalue weighted by Gasteiger charge is 2.35. The molecule has 6 nitrogen and oxygen atoms in total. The van der Waals surface area contributed by atoms with Crippen LogP contribution in [-0.2, 0) is 4.79 Å². The molecule has 0 saturated carbocycles. The number of rotatable bonds is 6. The van der Waals surface area contributed by atoms with Gasteiger partial charge in [0.15, 0.2) is 11.5 Å². The van der Waals surface area contributed by atoms with E-state index < -0.39 is 6.04 Å². The van der Waals surface area contributed by atoms with E-state index in [1.165, 1.54) is 0 Å². The summed E-state index contributed by atoms with van der Waals surface area (Å²) in [4.78, 5) is 12.7. The normalized spacial score (nSPS) is 17.4. The van der Waals surface area contributed by atoms with Crippen LogP contribution >= 0.6 is 11.6 Å². The number of nitrogen functional groups attached to an aromatic ring is 1. The number of hydrogen-bond donors (Lipinski definition) is 3. The maximum atomic E-state index is 12.7. The van der Waals surface area contributed by atoms with Crippen LogP contribution in [0.15, 0.2) is 30.3 Å². The van der Waals surface area contributed by atoms with Crippen molar-refractivity contribution >= 4 is 23.2 Å². The van der Waals surface area contributed by atoms with Gasteiger partial charge >= 0.3 is 0 Å². The summed E-state index contributed by atoms with van der Waals surface area (Å²) in [5.74, 6) is 0.893. The molecule has 4 N–H and O–H groups in total. The molecule has 2 aromatic carbocycles. The van der Waals surface area contributed by atoms with Crippen molar-refractivity contribution in [3.63, 3.8) is 0 Å². The average molecular weight is 462 g/mol. The average Bonchev–Trinajstić information content (AvgIpc) is 2.72. The molecule has 0 aliphatic carbocycles. The molecule has 1 aliphatic heterocycles. The third kappa shape index (κ3) is 5.87. The minimum Gasteiger partial charge on any atom is -0.493 e. The lowest BCUT2D eigenvalue weighted by molar-refractivity contribution is -0.123. The Hall–Kier alpha value is -2.44. The van der Waals surface area contributed by atoms with Gasteiger partial charge < -0.3 is 25.8 Å². The Morgan fingerprint density at radius 2 is 1.62 bits per heavy atom. The molecule has 0 spiro atoms. The number of benzene rings is 2. The van der Waals surface area contributed by atoms with Crippen LogP contribution < -0.4 is 25.8 Å². The molecule has 2 aromatic rings. The van der Waals surface area contributed by atoms with E-state index in [1.54, 1.807) is 32.4 Å². The Bertz CT molecular complexity index is 905. The fraction of sp³-hybridized carbons (Fsp3) is 0.480. The van der Waals surface area contributed by atoms with Crippen molar-refractivity contribution in [1.82, 2.24) is 10.6 Å². The van der Waals surface area contributed by atoms with Crippen molar-refractivity contribution in [2.75, 3.05) is 20.0 Å². The lowest BCUT2D eigenvalue weighted by Crippen LogP contribution is -2.39. The number of hydrogen-bond acceptors (Lipinski definition) is 5. The molecular weight excluding hydrogens is 426 g/mol. The number of carbonyl (C=O) groups excluding carboxylic acids is 1. The summed E-state index contributed by atoms with van der Waals surface area (Å²) >= 11 is 6.39. The third-order valence-corrected chi connectivity index (χ3v) is 5.66. The van der Waals surface area contributed by atoms with E-state index in [4.69, 9.17) is 26.8 Å². The first-order chi connectivity index (χ1) is 15.1. The van der Waals surface area contributed by atoms with Crippen molar-refractivity contribution in [1.29, 1.82) is 0 Å². The minimum absolute atomic E-state index is 0.0495. The molecule has 176 valence electrons. The first-order valence-corrected chi connectivity index (χ1v) is 11.4. The molecule has 32 heavy (non-hydrogen) atoms. The maximum Gasteiger partial charge on any atom is 0.228 e. The fourth-order valence-electron chi connectivity index (χ4n) is 4.08. The van der Waals surface area contributed by atoms with Crippen LogP contribution in [0.1, 0.15) is 69.7 Å². The van der Waals surface area contributed by atoms with E-state index in [0.717, 1.165) is 11.1 Å². The van der Waals surface area contributed by atoms with Crippen molar-refractivity contribution in [2.45, 2.75) is 65.1 Å². The molecule has 0 saturated heterocycles. The van der Waals surface area contributed by atoms with E-state index >= 15 is 0 Å². The summed E-state index contributed by atoms with van der Waals surface area (Å²) in [6.07, 6.45) is 0.680. The summed E-state index contributed by atoms with van der Waals surface area (Å²) in [6.45, 7) is 10.6. The van der Waals surface area contributed by atoms with E-state index in [9.17, 15) is 4.79 Å². The highest BCUT2D eigenvalue weighted by atomic mass is 35.5. The highest BCUT2D eigenvalue weighted by Crippen LogP contribution is 2.44. The molecular formula is C25H36ClN3O3. The summed E-state index contributed by atoms with van der Waals surface area (Å²) in [6, 6.07) is 9.92. The third-order valence-electron chi connectivity index (χ3n) is 5.33. The number of nitrogens with two attached hydrogens (primary N) is 1. The predicted octanol–water partition coefficient (Wildman–Crippen LogP) is 5.05. The van der Waals surface area contributed by atoms with E-state index in [-0.39, 0.29) is 11.8 Å². The second-order valence-electron chi connectivity index (χ2n) is 8.46. The number of fused-ring (bicyclic) bond motifs is 1. The first kappa shape index (κ1) is 25.8. The largest absolute Gasteiger partial charge is 0.493 e. The number of nitrogens with one attached hydrogen (secondary N) is 2. The van der Waals surface area contributed by atoms with Gasteiger partial charge in [0.05, 0.1) is 26.2 Å². The van der Waals surface area contributed by atoms with E-state index in [2.05, 4.69) is 38.3 Å². The quantitative estimate of drug-likeness (QED) is 0.524. The summed E-state index contributed by atoms with van der Waals surface area (Å²) in [7, 11) is 3.17. The Balaban J connectivity index is 0.000000451. The molecule has 0 radical (unpaired) electrons. The zero-order valence-corrected chi connectivity index (χ0v) is 20.8. The van der Waals surface area contributed by atoms with E-state index in [0.29, 0.717) is 46.3 Å². The van der Waals surface area contributed by atoms with Gasteiger partial charge in [0.25, 0.3) is 0 Å². The Kier molecular flexibility index (Phi) is 9.22. The molecule has 1 heterocycles. The van der Waals surface area contributed by atoms with Gasteiger partial charge in [-0.1, -0.05) is 52.3 Å². The van der Waals surface area contributed by atoms with Crippen molar-refractivity contribution in [3.05, 3.63) is 52.0 Å². The van der Waals surface area contributed by atoms with Crippen LogP contribution in [0.5, 0.6) is 11.5 Å². The molecule has 3 rings (SSSR count). The summed E-state index contributed by atoms with van der Waals surface area (Å²) in [5.41, 5.74) is 9.22. The fourth-order valence-corrected chi connectivity index (χ4v) is 4.37. The predicted molar refractivity (Wildman–Crippen MR) is 132 cm³/mol. The van der Waals surface area contributed by atoms with Gasteiger partial charge in [-0.3, -0.25) is 4.79 Å². The van der Waals surface area contributed by atoms with Crippen LogP contribution in [0.3, 0.4) is 0 Å². The molecule has 7 heteroatoms. The molecule has 1 aliphatic rings. The molecule has 2 atom stereocenters. The molecule has 2 unspecified atom stereocenters. The minimum atomic E-state index is -0.432. The lowest BCUT2D eigenvalue weighted by atomic mass is 9.81. The Morgan fingerprint density at radius 1 is 1.06 bits per heavy atom. The van der Waals surface area contributed by atoms with Gasteiger partial charge in [-0.15, -0.1) is 0 Å². The summed E-state index contributed by atoms with van der Waals surface area (Å²) in [5, 5.41) is 6.88. The van der Waals surface area contributed by atoms with Crippen LogP contribution in [0.2, 0.25) is 5.02 Å². The van der Waals surface area contributed by atoms with Crippen molar-refractivity contribution < 1.29 is 14.3 Å². The lowest BCUT2D eigenvalue weighted by Gasteiger charge is -2.33. The van der Waals surface area contributed by atoms with E-state index in [1.807, 2.05) is 19.1 Å². The second kappa shape index (κ2) is 11.4. The number of amides is 1. The zero-order chi connectivity index (χ0) is 24.0. The first-order valence-electron chi connectivity index (χ1n) is 11.0. The number of halogens is 1. The number of ether oxygens (including phenoxy) is 2. The van der Waals surface area contributed by atoms with Crippen molar-refractivity contribution in [2.24, 2.45) is 0 Å². The van der Waals surface area contributed by atoms with Crippen LogP contribution in [0, 0.1) is 0 Å². The molecule has 0 fully saturated rings. The number of carbonyl (C=O) groups is 1. The SMILES string of the molecule is CC(C)NC(C)C.CCC1C(=O)NC(c2c(N)cccc2Cl)c2cc(OC)c(OC)cc21. The number of methoxy groups -OCH3 is 2. The van der Waals surface area contributed by atoms with Crippen molar-refractivity contribution in [3.8, 4) is 11.5 Å². The topological polar surface area (TPSA) is 85.6 Å². The monoisotopic (exact) mass is 461 g/mol. The molecule has 1 amide bonds. The van der Waals surface area contributed by atoms with Crippen LogP contribution in [0.25, 0.3) is 0 Å². The standard InChI is InChI=1S/C19H21ClN2O3.C6H15N/c1-4-10-11-8-15(24-2)16(25-3)9-12(11)18(22-19(10)23)17-13(20)6-5-7-14(17)21;1-5(2)7-6(3)4/h5-10,18H,4,21H2,1-3H3,(H,22,23);5-7H,1-4H3. The van der Waals surface area contributed by atoms with Gasteiger partial charge in [0, 0.05) is 28.4 Å². The van der Waals surface area contributed by atoms with Crippen LogP contribution in [-0.4, -0.2) is 32.2 Å². The molecule has 0 bridgehead atoms. The van der Waals surface area contributed by atoms with Gasteiger partial charge in [-0.2, -0.15) is 0 Å². The maximum absolute atomic E-state index is 12.7. The zero-order valence-electron chi connectivity index (χ0n) is 20.1. The number of anilines is 1. The van der Waals surface area contributed by atoms with Crippen LogP contribution in [0.4, 0.5) is 5.69 Å². The summed E-state index contributed by atoms with van der Waals surface area (Å²) < 4.78 is 10.9. The van der Waals surface area contributed by atoms with Gasteiger partial charge in [0.1, 0.15) is 0 Å². The van der Waals surface area contributed by atoms with Gasteiger partial charge in [-0.25, -0.2) is 0 Å². The van der Waals surface area contributed by atoms with Gasteiger partial charge in [0.2, 0.25) is 5.91 Å². The van der Waals surface area contributed by atoms with Gasteiger partial charge in [-0.05, 0) is 41.8 Å².